The predicted octanol–water partition coefficient (Wildman–Crippen LogP) is 20.1. The van der Waals surface area contributed by atoms with Crippen LogP contribution in [0.4, 0.5) is 0 Å². The maximum atomic E-state index is 10.8. The van der Waals surface area contributed by atoms with Gasteiger partial charge in [0.05, 0.1) is 0 Å². The van der Waals surface area contributed by atoms with Gasteiger partial charge >= 0.3 is 11.9 Å². The third-order valence-corrected chi connectivity index (χ3v) is 23.8. The molecule has 428 valence electrons. The normalized spacial score (nSPS) is 13.9. The van der Waals surface area contributed by atoms with E-state index in [-0.39, 0.29) is 6.42 Å². The molecule has 8 aromatic rings. The number of halogens is 1. The van der Waals surface area contributed by atoms with E-state index in [0.29, 0.717) is 6.42 Å². The Morgan fingerprint density at radius 2 is 0.588 bits per heavy atom. The molecule has 0 aliphatic carbocycles. The van der Waals surface area contributed by atoms with Gasteiger partial charge < -0.3 is 10.2 Å². The van der Waals surface area contributed by atoms with E-state index in [0.717, 1.165) is 56.7 Å². The van der Waals surface area contributed by atoms with Gasteiger partial charge in [-0.3, -0.25) is 9.59 Å². The number of unbranched alkanes of at least 4 members (excludes halogenated alkanes) is 9. The van der Waals surface area contributed by atoms with Crippen molar-refractivity contribution >= 4 is 87.1 Å². The van der Waals surface area contributed by atoms with Crippen LogP contribution >= 0.6 is 15.9 Å². The topological polar surface area (TPSA) is 74.6 Å². The van der Waals surface area contributed by atoms with Gasteiger partial charge in [-0.25, -0.2) is 0 Å². The van der Waals surface area contributed by atoms with Gasteiger partial charge in [-0.2, -0.15) is 0 Å². The number of carboxylic acid groups (broad SMARTS) is 2. The average molecular weight is 1210 g/mol. The van der Waals surface area contributed by atoms with Gasteiger partial charge in [0.25, 0.3) is 0 Å². The zero-order chi connectivity index (χ0) is 59.7. The van der Waals surface area contributed by atoms with E-state index in [2.05, 4.69) is 289 Å². The molecule has 0 aromatic heterocycles. The van der Waals surface area contributed by atoms with Crippen LogP contribution in [0.15, 0.2) is 243 Å². The molecule has 8 aromatic carbocycles. The molecule has 10 rings (SSSR count). The number of terminal acetylenes is 1. The Morgan fingerprint density at radius 1 is 0.353 bits per heavy atom. The molecule has 0 amide bonds. The molecule has 0 spiro atoms. The molecule has 0 unspecified atom stereocenters. The van der Waals surface area contributed by atoms with Crippen LogP contribution in [0.5, 0.6) is 0 Å². The molecule has 2 N–H and O–H groups in total. The molecular formula is C78H77BrO4Si2. The molecule has 85 heavy (non-hydrogen) atoms. The molecule has 7 heteroatoms. The molecule has 0 fully saturated rings. The van der Waals surface area contributed by atoms with Gasteiger partial charge in [0.1, 0.15) is 0 Å². The molecular weight excluding hydrogens is 1140 g/mol. The zero-order valence-electron chi connectivity index (χ0n) is 49.2. The zero-order valence-corrected chi connectivity index (χ0v) is 52.7. The standard InChI is InChI=1S/C39H38O2Si.C31H24Si.C8H15BrO2/c1-42(30-20-6-4-2-3-5-19-29-35(40)41)38(33-25-15-9-16-26-33)36(31-21-11-7-12-22-31)37(32-23-13-8-14-24-32)39(42)34-27-17-10-18-28-34;1-3-32(2)30(26-20-12-6-13-21-26)28(24-16-8-4-9-17-24)29(25-18-10-5-11-19-25)31(32)27-22-14-7-15-23-27;9-7-5-3-1-2-4-6-8(10)11/h7-18,21-28H,2-6,19,29H2,1H3,(H,40,41);1,4-23H,2H3;1-7H2,(H,10,11). The Balaban J connectivity index is 0.000000193. The predicted molar refractivity (Wildman–Crippen MR) is 368 cm³/mol. The van der Waals surface area contributed by atoms with Crippen molar-refractivity contribution in [1.29, 1.82) is 0 Å². The van der Waals surface area contributed by atoms with Crippen LogP contribution in [0.3, 0.4) is 0 Å². The van der Waals surface area contributed by atoms with Crippen LogP contribution in [0.2, 0.25) is 13.1 Å². The second kappa shape index (κ2) is 32.1. The van der Waals surface area contributed by atoms with Gasteiger partial charge in [0, 0.05) is 24.6 Å². The summed E-state index contributed by atoms with van der Waals surface area (Å²) in [7, 11) is -5.08. The molecule has 4 nitrogen and oxygen atoms in total. The maximum Gasteiger partial charge on any atom is 0.303 e. The molecule has 0 bridgehead atoms. The van der Waals surface area contributed by atoms with E-state index in [1.807, 2.05) is 0 Å². The Morgan fingerprint density at radius 3 is 0.847 bits per heavy atom. The summed E-state index contributed by atoms with van der Waals surface area (Å²) in [5.74, 6) is 2.29. The summed E-state index contributed by atoms with van der Waals surface area (Å²) in [4.78, 5) is 20.9. The van der Waals surface area contributed by atoms with Crippen molar-refractivity contribution in [3.63, 3.8) is 0 Å². The highest BCUT2D eigenvalue weighted by Gasteiger charge is 2.48. The molecule has 0 saturated heterocycles. The number of rotatable bonds is 22. The number of hydrogen-bond acceptors (Lipinski definition) is 2. The van der Waals surface area contributed by atoms with Crippen LogP contribution in [0.1, 0.15) is 128 Å². The fourth-order valence-electron chi connectivity index (χ4n) is 11.9. The van der Waals surface area contributed by atoms with E-state index in [4.69, 9.17) is 16.6 Å². The number of allylic oxidation sites excluding steroid dienone is 4. The Hall–Kier alpha value is -8.31. The summed E-state index contributed by atoms with van der Waals surface area (Å²) in [5.41, 5.74) is 22.3. The van der Waals surface area contributed by atoms with E-state index in [1.54, 1.807) is 0 Å². The summed E-state index contributed by atoms with van der Waals surface area (Å²) in [6.07, 6.45) is 18.3. The summed E-state index contributed by atoms with van der Waals surface area (Å²) in [6.45, 7) is 4.77. The van der Waals surface area contributed by atoms with Crippen LogP contribution in [-0.2, 0) is 9.59 Å². The minimum Gasteiger partial charge on any atom is -0.481 e. The van der Waals surface area contributed by atoms with Crippen molar-refractivity contribution in [2.24, 2.45) is 0 Å². The quantitative estimate of drug-likeness (QED) is 0.0307. The third kappa shape index (κ3) is 16.1. The number of alkyl halides is 1. The van der Waals surface area contributed by atoms with Crippen LogP contribution in [-0.4, -0.2) is 43.6 Å². The van der Waals surface area contributed by atoms with Gasteiger partial charge in [-0.05, 0) is 113 Å². The summed E-state index contributed by atoms with van der Waals surface area (Å²) >= 11 is 3.35. The molecule has 0 atom stereocenters. The number of aliphatic carboxylic acids is 2. The number of hydrogen-bond donors (Lipinski definition) is 2. The first kappa shape index (κ1) is 62.7. The highest BCUT2D eigenvalue weighted by Crippen LogP contribution is 2.57. The highest BCUT2D eigenvalue weighted by molar-refractivity contribution is 9.09. The Labute approximate surface area is 516 Å². The molecule has 2 aliphatic heterocycles. The van der Waals surface area contributed by atoms with Gasteiger partial charge in [0.2, 0.25) is 0 Å². The van der Waals surface area contributed by atoms with Gasteiger partial charge in [0.15, 0.2) is 16.1 Å². The van der Waals surface area contributed by atoms with Crippen molar-refractivity contribution in [2.75, 3.05) is 5.33 Å². The lowest BCUT2D eigenvalue weighted by Crippen LogP contribution is -2.31. The van der Waals surface area contributed by atoms with Crippen molar-refractivity contribution < 1.29 is 19.8 Å². The third-order valence-electron chi connectivity index (χ3n) is 15.8. The van der Waals surface area contributed by atoms with E-state index >= 15 is 0 Å². The minimum atomic E-state index is -2.58. The first-order valence-corrected chi connectivity index (χ1v) is 36.1. The van der Waals surface area contributed by atoms with Crippen LogP contribution in [0.25, 0.3) is 43.1 Å². The second-order valence-corrected chi connectivity index (χ2v) is 29.7. The Bertz CT molecular complexity index is 3480. The summed E-state index contributed by atoms with van der Waals surface area (Å²) in [5, 5.41) is 23.7. The lowest BCUT2D eigenvalue weighted by atomic mass is 9.89. The highest BCUT2D eigenvalue weighted by atomic mass is 79.9. The number of carboxylic acids is 2. The summed E-state index contributed by atoms with van der Waals surface area (Å²) in [6, 6.07) is 86.2. The van der Waals surface area contributed by atoms with E-state index < -0.39 is 28.1 Å². The largest absolute Gasteiger partial charge is 0.481 e. The first-order chi connectivity index (χ1) is 41.6. The smallest absolute Gasteiger partial charge is 0.303 e. The van der Waals surface area contributed by atoms with Crippen molar-refractivity contribution in [2.45, 2.75) is 96.6 Å². The lowest BCUT2D eigenvalue weighted by Gasteiger charge is -2.25. The van der Waals surface area contributed by atoms with E-state index in [9.17, 15) is 9.59 Å². The number of carbonyl (C=O) groups is 2. The molecule has 2 heterocycles. The maximum absolute atomic E-state index is 10.8. The average Bonchev–Trinajstić information content (AvgIpc) is 4.23. The monoisotopic (exact) mass is 1210 g/mol. The SMILES string of the molecule is C#C[Si]1(C)C(c2ccccc2)=C(c2ccccc2)C(c2ccccc2)=C1c1ccccc1.C[Si]1(C#CCCCCCCCC(=O)O)C(c2ccccc2)=C(c2ccccc2)C(c2ccccc2)=C1c1ccccc1.O=C(O)CCCCCCCBr. The van der Waals surface area contributed by atoms with E-state index in [1.165, 1.54) is 107 Å². The first-order valence-electron chi connectivity index (χ1n) is 30.0. The minimum absolute atomic E-state index is 0.264. The van der Waals surface area contributed by atoms with Crippen LogP contribution < -0.4 is 0 Å². The van der Waals surface area contributed by atoms with Crippen LogP contribution in [0, 0.1) is 23.4 Å². The molecule has 2 aliphatic rings. The fraction of sp³-hybridized carbons (Fsp3) is 0.205. The second-order valence-electron chi connectivity index (χ2n) is 21.9. The molecule has 0 radical (unpaired) electrons. The Kier molecular flexibility index (Phi) is 23.7. The fourth-order valence-corrected chi connectivity index (χ4v) is 19.9. The lowest BCUT2D eigenvalue weighted by molar-refractivity contribution is -0.138. The van der Waals surface area contributed by atoms with Crippen molar-refractivity contribution in [3.05, 3.63) is 287 Å². The van der Waals surface area contributed by atoms with Gasteiger partial charge in [-0.1, -0.05) is 310 Å². The van der Waals surface area contributed by atoms with Crippen molar-refractivity contribution in [3.8, 4) is 23.4 Å². The number of benzene rings is 8. The molecule has 0 saturated carbocycles. The van der Waals surface area contributed by atoms with Gasteiger partial charge in [-0.15, -0.1) is 23.4 Å². The summed E-state index contributed by atoms with van der Waals surface area (Å²) < 4.78 is 0. The van der Waals surface area contributed by atoms with Crippen molar-refractivity contribution in [1.82, 2.24) is 0 Å².